The molecule has 1 heterocycles. The molecular formula is C21H32O3. The fraction of sp³-hybridized carbons (Fsp3) is 0.952. The lowest BCUT2D eigenvalue weighted by molar-refractivity contribution is -0.242. The Morgan fingerprint density at radius 3 is 2.54 bits per heavy atom. The quantitative estimate of drug-likeness (QED) is 0.662. The van der Waals surface area contributed by atoms with E-state index < -0.39 is 5.79 Å². The monoisotopic (exact) mass is 332 g/mol. The van der Waals surface area contributed by atoms with Crippen molar-refractivity contribution in [1.29, 1.82) is 0 Å². The van der Waals surface area contributed by atoms with Gasteiger partial charge in [0.1, 0.15) is 5.78 Å². The van der Waals surface area contributed by atoms with Gasteiger partial charge < -0.3 is 9.47 Å². The summed E-state index contributed by atoms with van der Waals surface area (Å²) in [5.74, 6) is 2.36. The summed E-state index contributed by atoms with van der Waals surface area (Å²) in [5, 5.41) is 0. The van der Waals surface area contributed by atoms with Crippen LogP contribution in [0.25, 0.3) is 0 Å². The Bertz CT molecular complexity index is 551. The molecule has 0 aromatic rings. The second kappa shape index (κ2) is 5.07. The number of Topliss-reactive ketones (excluding diaryl/α,β-unsaturated/α-hetero) is 1. The van der Waals surface area contributed by atoms with Crippen molar-refractivity contribution in [2.45, 2.75) is 77.4 Å². The molecule has 0 N–H and O–H groups in total. The number of carbonyl (C=O) groups is 1. The third kappa shape index (κ3) is 1.79. The van der Waals surface area contributed by atoms with Crippen LogP contribution in [0.15, 0.2) is 0 Å². The molecule has 1 saturated heterocycles. The average molecular weight is 332 g/mol. The number of carbonyl (C=O) groups excluding carboxylic acids is 1. The number of ether oxygens (including phenoxy) is 2. The zero-order valence-electron chi connectivity index (χ0n) is 15.3. The van der Waals surface area contributed by atoms with E-state index in [0.29, 0.717) is 43.2 Å². The maximum atomic E-state index is 13.5. The Balaban J connectivity index is 1.53. The Morgan fingerprint density at radius 1 is 0.958 bits per heavy atom. The summed E-state index contributed by atoms with van der Waals surface area (Å²) in [6, 6.07) is 0. The molecule has 134 valence electrons. The van der Waals surface area contributed by atoms with Crippen LogP contribution in [-0.2, 0) is 14.3 Å². The minimum absolute atomic E-state index is 0.0976. The number of ketones is 1. The predicted octanol–water partition coefficient (Wildman–Crippen LogP) is 4.34. The van der Waals surface area contributed by atoms with E-state index in [1.807, 2.05) is 0 Å². The summed E-state index contributed by atoms with van der Waals surface area (Å²) < 4.78 is 12.3. The van der Waals surface area contributed by atoms with Gasteiger partial charge in [-0.3, -0.25) is 4.79 Å². The van der Waals surface area contributed by atoms with Crippen LogP contribution < -0.4 is 0 Å². The van der Waals surface area contributed by atoms with E-state index in [9.17, 15) is 4.79 Å². The fourth-order valence-electron chi connectivity index (χ4n) is 7.99. The maximum Gasteiger partial charge on any atom is 0.174 e. The summed E-state index contributed by atoms with van der Waals surface area (Å²) in [4.78, 5) is 13.5. The van der Waals surface area contributed by atoms with Gasteiger partial charge in [-0.1, -0.05) is 26.7 Å². The first-order chi connectivity index (χ1) is 11.5. The largest absolute Gasteiger partial charge is 0.347 e. The van der Waals surface area contributed by atoms with Gasteiger partial charge in [0.25, 0.3) is 0 Å². The highest BCUT2D eigenvalue weighted by molar-refractivity contribution is 5.84. The topological polar surface area (TPSA) is 35.5 Å². The summed E-state index contributed by atoms with van der Waals surface area (Å²) in [7, 11) is 0. The second-order valence-corrected chi connectivity index (χ2v) is 9.82. The van der Waals surface area contributed by atoms with Crippen molar-refractivity contribution in [2.75, 3.05) is 13.2 Å². The van der Waals surface area contributed by atoms with Gasteiger partial charge in [0.05, 0.1) is 13.2 Å². The lowest BCUT2D eigenvalue weighted by Gasteiger charge is -2.60. The first-order valence-corrected chi connectivity index (χ1v) is 10.3. The number of rotatable bonds is 0. The molecule has 0 aromatic heterocycles. The number of hydrogen-bond acceptors (Lipinski definition) is 3. The molecule has 0 amide bonds. The van der Waals surface area contributed by atoms with Gasteiger partial charge in [0.15, 0.2) is 5.79 Å². The van der Waals surface area contributed by atoms with E-state index in [1.54, 1.807) is 0 Å². The standard InChI is InChI=1S/C21H32O3/c1-19-9-4-3-5-14(19)6-7-15-16-8-10-21(23-11-12-24-21)20(16,2)13-17(22)18(15)19/h14-16,18H,3-13H2,1-2H3. The predicted molar refractivity (Wildman–Crippen MR) is 91.4 cm³/mol. The molecule has 5 fully saturated rings. The van der Waals surface area contributed by atoms with Crippen LogP contribution in [-0.4, -0.2) is 24.8 Å². The van der Waals surface area contributed by atoms with Gasteiger partial charge in [0.2, 0.25) is 0 Å². The zero-order valence-corrected chi connectivity index (χ0v) is 15.3. The Morgan fingerprint density at radius 2 is 1.75 bits per heavy atom. The molecule has 0 bridgehead atoms. The summed E-state index contributed by atoms with van der Waals surface area (Å²) in [5.41, 5.74) is 0.173. The van der Waals surface area contributed by atoms with E-state index in [1.165, 1.54) is 44.9 Å². The zero-order chi connectivity index (χ0) is 16.6. The molecule has 1 aliphatic heterocycles. The highest BCUT2D eigenvalue weighted by atomic mass is 16.7. The summed E-state index contributed by atoms with van der Waals surface area (Å²) in [6.45, 7) is 6.16. The average Bonchev–Trinajstić information content (AvgIpc) is 3.13. The second-order valence-electron chi connectivity index (χ2n) is 9.82. The van der Waals surface area contributed by atoms with Gasteiger partial charge in [-0.25, -0.2) is 0 Å². The third-order valence-electron chi connectivity index (χ3n) is 9.07. The highest BCUT2D eigenvalue weighted by Crippen LogP contribution is 2.68. The van der Waals surface area contributed by atoms with E-state index >= 15 is 0 Å². The van der Waals surface area contributed by atoms with E-state index in [-0.39, 0.29) is 10.8 Å². The lowest BCUT2D eigenvalue weighted by Crippen LogP contribution is -2.60. The molecule has 6 unspecified atom stereocenters. The smallest absolute Gasteiger partial charge is 0.174 e. The van der Waals surface area contributed by atoms with Crippen molar-refractivity contribution >= 4 is 5.78 Å². The van der Waals surface area contributed by atoms with Crippen molar-refractivity contribution in [3.8, 4) is 0 Å². The maximum absolute atomic E-state index is 13.5. The van der Waals surface area contributed by atoms with Crippen LogP contribution >= 0.6 is 0 Å². The first kappa shape index (κ1) is 15.8. The third-order valence-corrected chi connectivity index (χ3v) is 9.07. The van der Waals surface area contributed by atoms with Gasteiger partial charge in [0, 0.05) is 24.2 Å². The van der Waals surface area contributed by atoms with E-state index in [4.69, 9.17) is 9.47 Å². The van der Waals surface area contributed by atoms with Crippen molar-refractivity contribution < 1.29 is 14.3 Å². The molecule has 5 rings (SSSR count). The molecule has 4 saturated carbocycles. The molecule has 24 heavy (non-hydrogen) atoms. The molecule has 0 radical (unpaired) electrons. The van der Waals surface area contributed by atoms with E-state index in [0.717, 1.165) is 12.3 Å². The van der Waals surface area contributed by atoms with Crippen LogP contribution in [0, 0.1) is 34.5 Å². The molecule has 1 spiro atoms. The number of hydrogen-bond donors (Lipinski definition) is 0. The van der Waals surface area contributed by atoms with Crippen molar-refractivity contribution in [2.24, 2.45) is 34.5 Å². The molecule has 0 aromatic carbocycles. The van der Waals surface area contributed by atoms with Crippen molar-refractivity contribution in [1.82, 2.24) is 0 Å². The van der Waals surface area contributed by atoms with Crippen LogP contribution in [0.3, 0.4) is 0 Å². The summed E-state index contributed by atoms with van der Waals surface area (Å²) in [6.07, 6.45) is 10.8. The van der Waals surface area contributed by atoms with Gasteiger partial charge in [-0.05, 0) is 55.3 Å². The Hall–Kier alpha value is -0.410. The molecule has 3 nitrogen and oxygen atoms in total. The molecule has 3 heteroatoms. The van der Waals surface area contributed by atoms with Crippen LogP contribution in [0.4, 0.5) is 0 Å². The van der Waals surface area contributed by atoms with Crippen molar-refractivity contribution in [3.05, 3.63) is 0 Å². The first-order valence-electron chi connectivity index (χ1n) is 10.3. The molecular weight excluding hydrogens is 300 g/mol. The van der Waals surface area contributed by atoms with Gasteiger partial charge >= 0.3 is 0 Å². The van der Waals surface area contributed by atoms with Crippen LogP contribution in [0.5, 0.6) is 0 Å². The molecule has 6 atom stereocenters. The molecule has 5 aliphatic rings. The van der Waals surface area contributed by atoms with E-state index in [2.05, 4.69) is 13.8 Å². The van der Waals surface area contributed by atoms with Crippen molar-refractivity contribution in [3.63, 3.8) is 0 Å². The minimum atomic E-state index is -0.456. The summed E-state index contributed by atoms with van der Waals surface area (Å²) >= 11 is 0. The van der Waals surface area contributed by atoms with Gasteiger partial charge in [-0.15, -0.1) is 0 Å². The lowest BCUT2D eigenvalue weighted by atomic mass is 9.44. The Kier molecular flexibility index (Phi) is 3.34. The van der Waals surface area contributed by atoms with Crippen LogP contribution in [0.2, 0.25) is 0 Å². The normalized spacial score (nSPS) is 52.8. The Labute approximate surface area is 145 Å². The fourth-order valence-corrected chi connectivity index (χ4v) is 7.99. The molecule has 4 aliphatic carbocycles. The number of fused-ring (bicyclic) bond motifs is 6. The minimum Gasteiger partial charge on any atom is -0.347 e. The SMILES string of the molecule is CC12CCCCC1CCC1C2C(=O)CC2(C)C1CCC21OCCO1. The van der Waals surface area contributed by atoms with Gasteiger partial charge in [-0.2, -0.15) is 0 Å². The van der Waals surface area contributed by atoms with Crippen LogP contribution in [0.1, 0.15) is 71.6 Å². The highest BCUT2D eigenvalue weighted by Gasteiger charge is 2.69.